The van der Waals surface area contributed by atoms with Crippen LogP contribution in [-0.2, 0) is 9.59 Å². The van der Waals surface area contributed by atoms with Crippen molar-refractivity contribution in [2.75, 3.05) is 0 Å². The third-order valence-electron chi connectivity index (χ3n) is 7.05. The van der Waals surface area contributed by atoms with E-state index in [1.54, 1.807) is 19.1 Å². The van der Waals surface area contributed by atoms with Gasteiger partial charge in [-0.1, -0.05) is 72.3 Å². The van der Waals surface area contributed by atoms with Crippen molar-refractivity contribution >= 4 is 23.1 Å². The van der Waals surface area contributed by atoms with Crippen LogP contribution in [0.3, 0.4) is 0 Å². The Hall–Kier alpha value is -4.64. The summed E-state index contributed by atoms with van der Waals surface area (Å²) in [6, 6.07) is 13.4. The van der Waals surface area contributed by atoms with E-state index in [0.29, 0.717) is 16.7 Å². The van der Waals surface area contributed by atoms with Gasteiger partial charge < -0.3 is 0 Å². The SMILES string of the molecule is Cc1ccc(-c2ccc(C(=O)CC(=O)C(F)(F)C(F)(F)C(F)(F)F)cc2)c(-c2ccc(C(=O)CC(=O)C(F)(F)C(F)(F)C(F)(F)F)cc2)c1. The Bertz CT molecular complexity index is 1750. The quantitative estimate of drug-likeness (QED) is 0.106. The number of halogens is 14. The highest BCUT2D eigenvalue weighted by molar-refractivity contribution is 6.11. The standard InChI is InChI=1S/C31H18F14O4/c1-15-2-11-20(16-3-7-18(8-4-16)22(46)13-24(48)26(32,33)28(36,37)30(40,41)42)21(12-15)17-5-9-19(10-6-17)23(47)14-25(49)27(34,35)29(38,39)31(43,44)45/h2-12H,13-14H2,1H3. The van der Waals surface area contributed by atoms with Crippen molar-refractivity contribution in [1.29, 1.82) is 0 Å². The van der Waals surface area contributed by atoms with Crippen molar-refractivity contribution in [2.24, 2.45) is 0 Å². The minimum absolute atomic E-state index is 0.283. The lowest BCUT2D eigenvalue weighted by molar-refractivity contribution is -0.343. The number of Topliss-reactive ketones (excluding diaryl/α,β-unsaturated/α-hetero) is 4. The Morgan fingerprint density at radius 2 is 0.796 bits per heavy atom. The van der Waals surface area contributed by atoms with E-state index in [4.69, 9.17) is 0 Å². The second-order valence-electron chi connectivity index (χ2n) is 10.5. The molecular weight excluding hydrogens is 702 g/mol. The van der Waals surface area contributed by atoms with Crippen molar-refractivity contribution in [1.82, 2.24) is 0 Å². The predicted molar refractivity (Wildman–Crippen MR) is 142 cm³/mol. The maximum Gasteiger partial charge on any atom is 0.460 e. The molecule has 0 aliphatic carbocycles. The van der Waals surface area contributed by atoms with Crippen molar-refractivity contribution in [2.45, 2.75) is 55.8 Å². The molecule has 49 heavy (non-hydrogen) atoms. The Kier molecular flexibility index (Phi) is 10.3. The molecule has 4 nitrogen and oxygen atoms in total. The number of aryl methyl sites for hydroxylation is 1. The monoisotopic (exact) mass is 720 g/mol. The van der Waals surface area contributed by atoms with Crippen LogP contribution in [0.1, 0.15) is 39.1 Å². The minimum Gasteiger partial charge on any atom is -0.294 e. The first-order chi connectivity index (χ1) is 22.2. The van der Waals surface area contributed by atoms with Gasteiger partial charge in [-0.25, -0.2) is 0 Å². The van der Waals surface area contributed by atoms with E-state index < -0.39 is 83.1 Å². The third-order valence-corrected chi connectivity index (χ3v) is 7.05. The van der Waals surface area contributed by atoms with Crippen LogP contribution in [0, 0.1) is 6.92 Å². The molecule has 0 aliphatic heterocycles. The van der Waals surface area contributed by atoms with Gasteiger partial charge in [0.2, 0.25) is 11.6 Å². The molecule has 0 saturated heterocycles. The van der Waals surface area contributed by atoms with E-state index in [1.165, 1.54) is 30.3 Å². The number of hydrogen-bond donors (Lipinski definition) is 0. The summed E-state index contributed by atoms with van der Waals surface area (Å²) in [6.07, 6.45) is -17.6. The lowest BCUT2D eigenvalue weighted by Crippen LogP contribution is -2.56. The molecule has 0 aliphatic rings. The van der Waals surface area contributed by atoms with Gasteiger partial charge >= 0.3 is 36.0 Å². The van der Waals surface area contributed by atoms with Crippen molar-refractivity contribution < 1.29 is 80.6 Å². The molecule has 264 valence electrons. The van der Waals surface area contributed by atoms with Gasteiger partial charge in [0, 0.05) is 11.1 Å². The van der Waals surface area contributed by atoms with Crippen LogP contribution in [0.15, 0.2) is 66.7 Å². The summed E-state index contributed by atoms with van der Waals surface area (Å²) in [6.45, 7) is 1.64. The van der Waals surface area contributed by atoms with Crippen molar-refractivity contribution in [3.8, 4) is 22.3 Å². The van der Waals surface area contributed by atoms with Crippen LogP contribution >= 0.6 is 0 Å². The lowest BCUT2D eigenvalue weighted by Gasteiger charge is -2.26. The molecule has 18 heteroatoms. The number of benzene rings is 3. The summed E-state index contributed by atoms with van der Waals surface area (Å²) in [5.74, 6) is -34.9. The van der Waals surface area contributed by atoms with Gasteiger partial charge in [-0.05, 0) is 29.2 Å². The van der Waals surface area contributed by atoms with E-state index in [0.717, 1.165) is 24.3 Å². The Morgan fingerprint density at radius 3 is 1.12 bits per heavy atom. The molecule has 0 spiro atoms. The molecule has 3 rings (SSSR count). The number of alkyl halides is 14. The second-order valence-corrected chi connectivity index (χ2v) is 10.5. The molecule has 0 unspecified atom stereocenters. The minimum atomic E-state index is -6.78. The summed E-state index contributed by atoms with van der Waals surface area (Å²) in [5, 5.41) is 0. The molecule has 0 heterocycles. The van der Waals surface area contributed by atoms with Crippen LogP contribution in [0.4, 0.5) is 61.5 Å². The summed E-state index contributed by atoms with van der Waals surface area (Å²) < 4.78 is 181. The molecule has 0 amide bonds. The number of carbonyl (C=O) groups excluding carboxylic acids is 4. The zero-order chi connectivity index (χ0) is 37.5. The van der Waals surface area contributed by atoms with Gasteiger partial charge in [-0.2, -0.15) is 61.5 Å². The largest absolute Gasteiger partial charge is 0.460 e. The normalized spacial score (nSPS) is 13.3. The fourth-order valence-corrected chi connectivity index (χ4v) is 4.24. The highest BCUT2D eigenvalue weighted by Gasteiger charge is 2.76. The first-order valence-corrected chi connectivity index (χ1v) is 13.3. The van der Waals surface area contributed by atoms with Crippen LogP contribution in [0.2, 0.25) is 0 Å². The Labute approximate surface area is 265 Å². The fourth-order valence-electron chi connectivity index (χ4n) is 4.24. The topological polar surface area (TPSA) is 68.3 Å². The molecular formula is C31H18F14O4. The van der Waals surface area contributed by atoms with Gasteiger partial charge in [0.15, 0.2) is 11.6 Å². The number of ketones is 4. The fraction of sp³-hybridized carbons (Fsp3) is 0.290. The molecule has 0 radical (unpaired) electrons. The lowest BCUT2D eigenvalue weighted by atomic mass is 9.91. The summed E-state index contributed by atoms with van der Waals surface area (Å²) in [5.41, 5.74) is 0.926. The zero-order valence-corrected chi connectivity index (χ0v) is 24.2. The van der Waals surface area contributed by atoms with Gasteiger partial charge in [0.25, 0.3) is 0 Å². The average Bonchev–Trinajstić information content (AvgIpc) is 2.99. The molecule has 3 aromatic rings. The maximum atomic E-state index is 13.6. The molecule has 0 aromatic heterocycles. The van der Waals surface area contributed by atoms with Crippen LogP contribution < -0.4 is 0 Å². The first-order valence-electron chi connectivity index (χ1n) is 13.3. The maximum absolute atomic E-state index is 13.6. The number of hydrogen-bond acceptors (Lipinski definition) is 4. The summed E-state index contributed by atoms with van der Waals surface area (Å²) in [4.78, 5) is 47.8. The molecule has 0 bridgehead atoms. The second kappa shape index (κ2) is 13.0. The van der Waals surface area contributed by atoms with E-state index in [1.807, 2.05) is 0 Å². The van der Waals surface area contributed by atoms with E-state index in [-0.39, 0.29) is 11.1 Å². The number of rotatable bonds is 12. The summed E-state index contributed by atoms with van der Waals surface area (Å²) >= 11 is 0. The van der Waals surface area contributed by atoms with Gasteiger partial charge in [-0.3, -0.25) is 19.2 Å². The van der Waals surface area contributed by atoms with Crippen molar-refractivity contribution in [3.05, 3.63) is 83.4 Å². The summed E-state index contributed by atoms with van der Waals surface area (Å²) in [7, 11) is 0. The van der Waals surface area contributed by atoms with Gasteiger partial charge in [0.05, 0.1) is 12.8 Å². The zero-order valence-electron chi connectivity index (χ0n) is 24.2. The van der Waals surface area contributed by atoms with E-state index in [2.05, 4.69) is 0 Å². The number of carbonyl (C=O) groups is 4. The van der Waals surface area contributed by atoms with Crippen LogP contribution in [0.25, 0.3) is 22.3 Å². The molecule has 3 aromatic carbocycles. The van der Waals surface area contributed by atoms with Crippen molar-refractivity contribution in [3.63, 3.8) is 0 Å². The van der Waals surface area contributed by atoms with Crippen LogP contribution in [0.5, 0.6) is 0 Å². The average molecular weight is 720 g/mol. The van der Waals surface area contributed by atoms with Crippen LogP contribution in [-0.4, -0.2) is 59.2 Å². The van der Waals surface area contributed by atoms with E-state index in [9.17, 15) is 80.6 Å². The molecule has 0 N–H and O–H groups in total. The van der Waals surface area contributed by atoms with E-state index >= 15 is 0 Å². The Balaban J connectivity index is 1.83. The highest BCUT2D eigenvalue weighted by atomic mass is 19.4. The smallest absolute Gasteiger partial charge is 0.294 e. The molecule has 0 fully saturated rings. The molecule has 0 saturated carbocycles. The Morgan fingerprint density at radius 1 is 0.469 bits per heavy atom. The predicted octanol–water partition coefficient (Wildman–Crippen LogP) is 9.28. The third kappa shape index (κ3) is 7.36. The van der Waals surface area contributed by atoms with Gasteiger partial charge in [0.1, 0.15) is 0 Å². The van der Waals surface area contributed by atoms with Gasteiger partial charge in [-0.15, -0.1) is 0 Å². The molecule has 0 atom stereocenters. The first kappa shape index (κ1) is 38.8. The highest BCUT2D eigenvalue weighted by Crippen LogP contribution is 2.48.